The van der Waals surface area contributed by atoms with Gasteiger partial charge in [-0.15, -0.1) is 0 Å². The molecule has 0 radical (unpaired) electrons. The first-order valence-electron chi connectivity index (χ1n) is 6.14. The van der Waals surface area contributed by atoms with E-state index in [1.807, 2.05) is 0 Å². The molecule has 3 rings (SSSR count). The van der Waals surface area contributed by atoms with Gasteiger partial charge in [-0.3, -0.25) is 0 Å². The van der Waals surface area contributed by atoms with Gasteiger partial charge in [0.15, 0.2) is 0 Å². The lowest BCUT2D eigenvalue weighted by atomic mass is 9.80. The molecule has 0 spiro atoms. The van der Waals surface area contributed by atoms with E-state index in [9.17, 15) is 5.11 Å². The summed E-state index contributed by atoms with van der Waals surface area (Å²) in [7, 11) is 0. The van der Waals surface area contributed by atoms with Gasteiger partial charge in [-0.05, 0) is 44.4 Å². The maximum Gasteiger partial charge on any atom is 0.0696 e. The van der Waals surface area contributed by atoms with Crippen LogP contribution in [0, 0.1) is 5.92 Å². The van der Waals surface area contributed by atoms with E-state index < -0.39 is 0 Å². The lowest BCUT2D eigenvalue weighted by molar-refractivity contribution is -0.0305. The molecule has 2 bridgehead atoms. The third-order valence-corrected chi connectivity index (χ3v) is 6.05. The standard InChI is InChI=1S/C12H20OS/c13-12(9-3-1-2-4-9)7-10-5-6-11(8-12)14-10/h9-11,13H,1-8H2. The zero-order chi connectivity index (χ0) is 9.60. The Hall–Kier alpha value is 0.310. The van der Waals surface area contributed by atoms with Gasteiger partial charge < -0.3 is 5.11 Å². The molecule has 1 nitrogen and oxygen atoms in total. The third-order valence-electron chi connectivity index (χ3n) is 4.47. The number of hydrogen-bond acceptors (Lipinski definition) is 2. The van der Waals surface area contributed by atoms with Crippen LogP contribution < -0.4 is 0 Å². The molecule has 14 heavy (non-hydrogen) atoms. The molecule has 2 saturated heterocycles. The van der Waals surface area contributed by atoms with Crippen molar-refractivity contribution in [3.05, 3.63) is 0 Å². The van der Waals surface area contributed by atoms with E-state index in [1.165, 1.54) is 38.5 Å². The first-order valence-corrected chi connectivity index (χ1v) is 7.08. The van der Waals surface area contributed by atoms with Crippen LogP contribution in [0.1, 0.15) is 51.4 Å². The van der Waals surface area contributed by atoms with Crippen molar-refractivity contribution >= 4 is 11.8 Å². The average Bonchev–Trinajstić information content (AvgIpc) is 2.75. The van der Waals surface area contributed by atoms with E-state index in [-0.39, 0.29) is 5.60 Å². The van der Waals surface area contributed by atoms with Crippen LogP contribution in [-0.4, -0.2) is 21.2 Å². The molecule has 2 heteroatoms. The summed E-state index contributed by atoms with van der Waals surface area (Å²) in [5.41, 5.74) is -0.256. The number of thioether (sulfide) groups is 1. The lowest BCUT2D eigenvalue weighted by Gasteiger charge is -2.40. The maximum atomic E-state index is 10.7. The van der Waals surface area contributed by atoms with E-state index >= 15 is 0 Å². The van der Waals surface area contributed by atoms with Crippen LogP contribution in [0.15, 0.2) is 0 Å². The summed E-state index contributed by atoms with van der Waals surface area (Å²) in [6.45, 7) is 0. The number of hydrogen-bond donors (Lipinski definition) is 1. The van der Waals surface area contributed by atoms with Crippen LogP contribution in [0.4, 0.5) is 0 Å². The molecule has 0 aromatic heterocycles. The predicted molar refractivity (Wildman–Crippen MR) is 60.5 cm³/mol. The number of aliphatic hydroxyl groups is 1. The fourth-order valence-corrected chi connectivity index (χ4v) is 5.61. The minimum absolute atomic E-state index is 0.256. The summed E-state index contributed by atoms with van der Waals surface area (Å²) < 4.78 is 0. The summed E-state index contributed by atoms with van der Waals surface area (Å²) in [5, 5.41) is 12.3. The largest absolute Gasteiger partial charge is 0.390 e. The molecule has 0 aromatic rings. The summed E-state index contributed by atoms with van der Waals surface area (Å²) in [6, 6.07) is 0. The average molecular weight is 212 g/mol. The normalized spacial score (nSPS) is 48.6. The first kappa shape index (κ1) is 9.53. The van der Waals surface area contributed by atoms with Crippen molar-refractivity contribution in [1.29, 1.82) is 0 Å². The highest BCUT2D eigenvalue weighted by Crippen LogP contribution is 2.52. The molecular weight excluding hydrogens is 192 g/mol. The Labute approximate surface area is 90.7 Å². The Morgan fingerprint density at radius 1 is 0.929 bits per heavy atom. The Balaban J connectivity index is 1.75. The smallest absolute Gasteiger partial charge is 0.0696 e. The molecule has 1 saturated carbocycles. The van der Waals surface area contributed by atoms with Crippen molar-refractivity contribution in [3.8, 4) is 0 Å². The summed E-state index contributed by atoms with van der Waals surface area (Å²) >= 11 is 2.15. The van der Waals surface area contributed by atoms with E-state index in [2.05, 4.69) is 11.8 Å². The van der Waals surface area contributed by atoms with Gasteiger partial charge in [-0.1, -0.05) is 12.8 Å². The van der Waals surface area contributed by atoms with Crippen LogP contribution in [0.3, 0.4) is 0 Å². The summed E-state index contributed by atoms with van der Waals surface area (Å²) in [5.74, 6) is 0.645. The summed E-state index contributed by atoms with van der Waals surface area (Å²) in [6.07, 6.45) is 10.2. The molecule has 2 atom stereocenters. The highest BCUT2D eigenvalue weighted by atomic mass is 32.2. The first-order chi connectivity index (χ1) is 6.76. The number of rotatable bonds is 1. The Kier molecular flexibility index (Phi) is 2.32. The van der Waals surface area contributed by atoms with Crippen molar-refractivity contribution < 1.29 is 5.11 Å². The molecular formula is C12H20OS. The molecule has 2 unspecified atom stereocenters. The fourth-order valence-electron chi connectivity index (χ4n) is 3.75. The van der Waals surface area contributed by atoms with E-state index in [1.54, 1.807) is 0 Å². The maximum absolute atomic E-state index is 10.7. The fraction of sp³-hybridized carbons (Fsp3) is 1.00. The minimum Gasteiger partial charge on any atom is -0.390 e. The second-order valence-electron chi connectivity index (χ2n) is 5.45. The van der Waals surface area contributed by atoms with Crippen LogP contribution in [0.5, 0.6) is 0 Å². The highest BCUT2D eigenvalue weighted by Gasteiger charge is 2.47. The van der Waals surface area contributed by atoms with Crippen LogP contribution >= 0.6 is 11.8 Å². The van der Waals surface area contributed by atoms with Gasteiger partial charge >= 0.3 is 0 Å². The van der Waals surface area contributed by atoms with Crippen LogP contribution in [-0.2, 0) is 0 Å². The van der Waals surface area contributed by atoms with E-state index in [0.29, 0.717) is 5.92 Å². The van der Waals surface area contributed by atoms with Crippen molar-refractivity contribution in [2.24, 2.45) is 5.92 Å². The zero-order valence-corrected chi connectivity index (χ0v) is 9.56. The molecule has 2 aliphatic heterocycles. The van der Waals surface area contributed by atoms with Gasteiger partial charge in [0, 0.05) is 10.5 Å². The van der Waals surface area contributed by atoms with E-state index in [0.717, 1.165) is 23.3 Å². The zero-order valence-electron chi connectivity index (χ0n) is 8.74. The molecule has 80 valence electrons. The topological polar surface area (TPSA) is 20.2 Å². The summed E-state index contributed by atoms with van der Waals surface area (Å²) in [4.78, 5) is 0. The second kappa shape index (κ2) is 3.41. The molecule has 2 heterocycles. The van der Waals surface area contributed by atoms with Crippen molar-refractivity contribution in [2.45, 2.75) is 67.5 Å². The molecule has 3 fully saturated rings. The van der Waals surface area contributed by atoms with Crippen molar-refractivity contribution in [2.75, 3.05) is 0 Å². The Morgan fingerprint density at radius 3 is 2.07 bits per heavy atom. The molecule has 1 N–H and O–H groups in total. The minimum atomic E-state index is -0.256. The van der Waals surface area contributed by atoms with E-state index in [4.69, 9.17) is 0 Å². The van der Waals surface area contributed by atoms with Crippen molar-refractivity contribution in [1.82, 2.24) is 0 Å². The van der Waals surface area contributed by atoms with Crippen molar-refractivity contribution in [3.63, 3.8) is 0 Å². The van der Waals surface area contributed by atoms with Gasteiger partial charge in [-0.2, -0.15) is 11.8 Å². The molecule has 1 aliphatic carbocycles. The van der Waals surface area contributed by atoms with Crippen LogP contribution in [0.2, 0.25) is 0 Å². The quantitative estimate of drug-likeness (QED) is 0.721. The van der Waals surface area contributed by atoms with Gasteiger partial charge in [0.25, 0.3) is 0 Å². The van der Waals surface area contributed by atoms with Crippen LogP contribution in [0.25, 0.3) is 0 Å². The second-order valence-corrected chi connectivity index (χ2v) is 7.06. The van der Waals surface area contributed by atoms with Gasteiger partial charge in [0.2, 0.25) is 0 Å². The third kappa shape index (κ3) is 1.51. The van der Waals surface area contributed by atoms with Gasteiger partial charge in [0.1, 0.15) is 0 Å². The molecule has 3 aliphatic rings. The number of fused-ring (bicyclic) bond motifs is 2. The molecule has 0 aromatic carbocycles. The lowest BCUT2D eigenvalue weighted by Crippen LogP contribution is -2.43. The highest BCUT2D eigenvalue weighted by molar-refractivity contribution is 8.00. The van der Waals surface area contributed by atoms with Gasteiger partial charge in [0.05, 0.1) is 5.60 Å². The Morgan fingerprint density at radius 2 is 1.50 bits per heavy atom. The SMILES string of the molecule is OC1(C2CCCC2)CC2CCC(C1)S2. The monoisotopic (exact) mass is 212 g/mol. The predicted octanol–water partition coefficient (Wildman–Crippen LogP) is 2.97. The van der Waals surface area contributed by atoms with Gasteiger partial charge in [-0.25, -0.2) is 0 Å². The Bertz CT molecular complexity index is 210. The molecule has 0 amide bonds.